The molecule has 0 heterocycles. The molecule has 0 saturated heterocycles. The zero-order valence-electron chi connectivity index (χ0n) is 14.3. The minimum atomic E-state index is -0.490. The Hall–Kier alpha value is -2.37. The highest BCUT2D eigenvalue weighted by Gasteiger charge is 2.23. The van der Waals surface area contributed by atoms with Gasteiger partial charge in [0.2, 0.25) is 0 Å². The molecule has 2 aromatic rings. The Morgan fingerprint density at radius 1 is 1.12 bits per heavy atom. The maximum absolute atomic E-state index is 14.2. The van der Waals surface area contributed by atoms with Gasteiger partial charge in [0.05, 0.1) is 5.56 Å². The van der Waals surface area contributed by atoms with Crippen molar-refractivity contribution in [1.82, 2.24) is 0 Å². The van der Waals surface area contributed by atoms with Crippen molar-refractivity contribution in [1.29, 1.82) is 5.26 Å². The van der Waals surface area contributed by atoms with Gasteiger partial charge in [0.25, 0.3) is 0 Å². The fraction of sp³-hybridized carbons (Fsp3) is 0.227. The zero-order valence-corrected chi connectivity index (χ0v) is 15.0. The summed E-state index contributed by atoms with van der Waals surface area (Å²) in [4.78, 5) is 0. The van der Waals surface area contributed by atoms with Crippen LogP contribution in [-0.2, 0) is 0 Å². The van der Waals surface area contributed by atoms with Crippen LogP contribution in [0.5, 0.6) is 0 Å². The lowest BCUT2D eigenvalue weighted by Gasteiger charge is -2.23. The number of nitrogens with zero attached hydrogens (tertiary/aromatic N) is 1. The van der Waals surface area contributed by atoms with Crippen molar-refractivity contribution in [2.24, 2.45) is 11.8 Å². The van der Waals surface area contributed by atoms with Crippen LogP contribution >= 0.6 is 11.6 Å². The van der Waals surface area contributed by atoms with Gasteiger partial charge in [-0.2, -0.15) is 5.26 Å². The normalized spacial score (nSPS) is 20.3. The highest BCUT2D eigenvalue weighted by molar-refractivity contribution is 6.30. The molecule has 3 rings (SSSR count). The largest absolute Gasteiger partial charge is 0.206 e. The predicted octanol–water partition coefficient (Wildman–Crippen LogP) is 6.49. The highest BCUT2D eigenvalue weighted by Crippen LogP contribution is 2.40. The van der Waals surface area contributed by atoms with E-state index in [0.29, 0.717) is 16.9 Å². The van der Waals surface area contributed by atoms with Crippen LogP contribution in [0.4, 0.5) is 4.39 Å². The lowest BCUT2D eigenvalue weighted by atomic mass is 9.81. The molecule has 3 heteroatoms. The van der Waals surface area contributed by atoms with E-state index in [4.69, 9.17) is 16.9 Å². The fourth-order valence-corrected chi connectivity index (χ4v) is 3.51. The number of halogens is 2. The van der Waals surface area contributed by atoms with E-state index in [1.807, 2.05) is 36.4 Å². The van der Waals surface area contributed by atoms with Crippen molar-refractivity contribution in [3.63, 3.8) is 0 Å². The van der Waals surface area contributed by atoms with Gasteiger partial charge in [-0.05, 0) is 64.8 Å². The van der Waals surface area contributed by atoms with Crippen molar-refractivity contribution >= 4 is 22.7 Å². The summed E-state index contributed by atoms with van der Waals surface area (Å²) in [6, 6.07) is 14.5. The molecule has 0 aliphatic heterocycles. The first-order valence-corrected chi connectivity index (χ1v) is 8.75. The van der Waals surface area contributed by atoms with Crippen LogP contribution in [0.2, 0.25) is 5.02 Å². The topological polar surface area (TPSA) is 23.8 Å². The summed E-state index contributed by atoms with van der Waals surface area (Å²) in [6.07, 6.45) is 5.18. The van der Waals surface area contributed by atoms with Gasteiger partial charge in [0, 0.05) is 5.02 Å². The Bertz CT molecular complexity index is 904. The zero-order chi connectivity index (χ0) is 18.0. The maximum Gasteiger partial charge on any atom is 0.141 e. The molecule has 2 aromatic carbocycles. The van der Waals surface area contributed by atoms with Crippen molar-refractivity contribution < 1.29 is 4.39 Å². The molecule has 1 aliphatic carbocycles. The number of hydrogen-bond donors (Lipinski definition) is 0. The molecule has 0 radical (unpaired) electrons. The van der Waals surface area contributed by atoms with E-state index in [9.17, 15) is 4.39 Å². The molecule has 126 valence electrons. The Balaban J connectivity index is 2.25. The molecular formula is C22H19ClFN. The summed E-state index contributed by atoms with van der Waals surface area (Å²) in [5.41, 5.74) is 4.05. The molecule has 1 aliphatic rings. The third kappa shape index (κ3) is 3.52. The molecule has 2 atom stereocenters. The first-order valence-electron chi connectivity index (χ1n) is 8.38. The molecule has 0 amide bonds. The van der Waals surface area contributed by atoms with E-state index in [-0.39, 0.29) is 5.56 Å². The smallest absolute Gasteiger partial charge is 0.141 e. The lowest BCUT2D eigenvalue weighted by Crippen LogP contribution is -2.10. The number of nitriles is 1. The summed E-state index contributed by atoms with van der Waals surface area (Å²) < 4.78 is 14.2. The molecule has 0 aromatic heterocycles. The standard InChI is InChI=1S/C22H19ClFN/c1-14-5-3-8-20(16-9-10-18(13-25)21(24)12-16)22(15(14)2)17-6-4-7-19(23)11-17/h3-4,6-12,14-15H,5H2,1-2H3. The Morgan fingerprint density at radius 3 is 2.60 bits per heavy atom. The van der Waals surface area contributed by atoms with E-state index >= 15 is 0 Å². The molecule has 0 saturated carbocycles. The third-order valence-electron chi connectivity index (χ3n) is 4.93. The molecule has 25 heavy (non-hydrogen) atoms. The predicted molar refractivity (Wildman–Crippen MR) is 101 cm³/mol. The second-order valence-corrected chi connectivity index (χ2v) is 6.98. The number of benzene rings is 2. The number of rotatable bonds is 2. The Kier molecular flexibility index (Phi) is 5.06. The summed E-state index contributed by atoms with van der Waals surface area (Å²) in [5.74, 6) is 0.268. The molecule has 2 unspecified atom stereocenters. The molecule has 0 spiro atoms. The van der Waals surface area contributed by atoms with E-state index in [2.05, 4.69) is 26.0 Å². The van der Waals surface area contributed by atoms with Gasteiger partial charge in [0.1, 0.15) is 11.9 Å². The molecule has 0 bridgehead atoms. The summed E-state index contributed by atoms with van der Waals surface area (Å²) in [7, 11) is 0. The van der Waals surface area contributed by atoms with Gasteiger partial charge in [-0.1, -0.05) is 55.8 Å². The SMILES string of the molecule is CC1CC=CC(c2ccc(C#N)c(F)c2)=C(c2cccc(Cl)c2)C1C. The van der Waals surface area contributed by atoms with Crippen molar-refractivity contribution in [2.45, 2.75) is 20.3 Å². The number of allylic oxidation sites excluding steroid dienone is 4. The van der Waals surface area contributed by atoms with Gasteiger partial charge >= 0.3 is 0 Å². The second kappa shape index (κ2) is 7.25. The van der Waals surface area contributed by atoms with Gasteiger partial charge in [-0.3, -0.25) is 0 Å². The summed E-state index contributed by atoms with van der Waals surface area (Å²) in [5, 5.41) is 9.66. The van der Waals surface area contributed by atoms with Crippen molar-refractivity contribution in [3.8, 4) is 6.07 Å². The van der Waals surface area contributed by atoms with E-state index in [1.54, 1.807) is 6.07 Å². The maximum atomic E-state index is 14.2. The molecular weight excluding hydrogens is 333 g/mol. The van der Waals surface area contributed by atoms with Crippen LogP contribution in [0.15, 0.2) is 54.6 Å². The minimum absolute atomic E-state index is 0.0627. The third-order valence-corrected chi connectivity index (χ3v) is 5.16. The molecule has 0 fully saturated rings. The summed E-state index contributed by atoms with van der Waals surface area (Å²) >= 11 is 6.21. The Morgan fingerprint density at radius 2 is 1.92 bits per heavy atom. The minimum Gasteiger partial charge on any atom is -0.206 e. The van der Waals surface area contributed by atoms with Crippen LogP contribution in [0, 0.1) is 29.0 Å². The first kappa shape index (κ1) is 17.5. The van der Waals surface area contributed by atoms with Crippen molar-refractivity contribution in [2.75, 3.05) is 0 Å². The molecule has 0 N–H and O–H groups in total. The van der Waals surface area contributed by atoms with Gasteiger partial charge < -0.3 is 0 Å². The highest BCUT2D eigenvalue weighted by atomic mass is 35.5. The van der Waals surface area contributed by atoms with E-state index < -0.39 is 5.82 Å². The second-order valence-electron chi connectivity index (χ2n) is 6.55. The van der Waals surface area contributed by atoms with Crippen LogP contribution in [0.1, 0.15) is 37.0 Å². The lowest BCUT2D eigenvalue weighted by molar-refractivity contribution is 0.481. The van der Waals surface area contributed by atoms with Crippen molar-refractivity contribution in [3.05, 3.63) is 82.1 Å². The quantitative estimate of drug-likeness (QED) is 0.606. The van der Waals surface area contributed by atoms with Crippen LogP contribution in [0.3, 0.4) is 0 Å². The van der Waals surface area contributed by atoms with Gasteiger partial charge in [-0.25, -0.2) is 4.39 Å². The summed E-state index contributed by atoms with van der Waals surface area (Å²) in [6.45, 7) is 4.43. The van der Waals surface area contributed by atoms with Crippen LogP contribution < -0.4 is 0 Å². The van der Waals surface area contributed by atoms with Crippen LogP contribution in [-0.4, -0.2) is 0 Å². The average molecular weight is 352 g/mol. The van der Waals surface area contributed by atoms with Gasteiger partial charge in [0.15, 0.2) is 0 Å². The van der Waals surface area contributed by atoms with E-state index in [1.165, 1.54) is 6.07 Å². The Labute approximate surface area is 153 Å². The van der Waals surface area contributed by atoms with Crippen LogP contribution in [0.25, 0.3) is 11.1 Å². The van der Waals surface area contributed by atoms with E-state index in [0.717, 1.165) is 28.7 Å². The molecule has 1 nitrogen and oxygen atoms in total. The number of hydrogen-bond acceptors (Lipinski definition) is 1. The first-order chi connectivity index (χ1) is 12.0. The monoisotopic (exact) mass is 351 g/mol. The average Bonchev–Trinajstić information content (AvgIpc) is 2.74. The fourth-order valence-electron chi connectivity index (χ4n) is 3.32. The van der Waals surface area contributed by atoms with Gasteiger partial charge in [-0.15, -0.1) is 0 Å².